The van der Waals surface area contributed by atoms with Crippen LogP contribution in [0.15, 0.2) is 47.7 Å². The maximum Gasteiger partial charge on any atom is 0.221 e. The molecule has 1 aromatic carbocycles. The van der Waals surface area contributed by atoms with Crippen molar-refractivity contribution in [1.82, 2.24) is 25.1 Å². The highest BCUT2D eigenvalue weighted by Gasteiger charge is 2.29. The second-order valence-corrected chi connectivity index (χ2v) is 7.74. The largest absolute Gasteiger partial charge is 0.328 e. The monoisotopic (exact) mass is 442 g/mol. The van der Waals surface area contributed by atoms with E-state index in [1.54, 1.807) is 23.0 Å². The van der Waals surface area contributed by atoms with E-state index >= 15 is 0 Å². The van der Waals surface area contributed by atoms with Crippen molar-refractivity contribution in [1.29, 1.82) is 0 Å². The Kier molecular flexibility index (Phi) is 6.11. The van der Waals surface area contributed by atoms with Gasteiger partial charge in [-0.1, -0.05) is 61.2 Å². The molecule has 1 atom stereocenters. The highest BCUT2D eigenvalue weighted by molar-refractivity contribution is 6.35. The fourth-order valence-corrected chi connectivity index (χ4v) is 3.74. The molecule has 154 valence electrons. The number of nitrogens with zero attached hydrogens (tertiary/aromatic N) is 5. The lowest BCUT2D eigenvalue weighted by Gasteiger charge is -2.14. The van der Waals surface area contributed by atoms with Gasteiger partial charge in [0.25, 0.3) is 0 Å². The Hall–Kier alpha value is -2.77. The summed E-state index contributed by atoms with van der Waals surface area (Å²) in [6.45, 7) is 2.10. The third-order valence-electron chi connectivity index (χ3n) is 4.83. The predicted octanol–water partition coefficient (Wildman–Crippen LogP) is 4.52. The number of pyridine rings is 1. The number of aliphatic imine (C=N–C) groups is 1. The third-order valence-corrected chi connectivity index (χ3v) is 5.37. The van der Waals surface area contributed by atoms with Crippen molar-refractivity contribution in [2.24, 2.45) is 4.99 Å². The molecule has 7 nitrogen and oxygen atoms in total. The van der Waals surface area contributed by atoms with Crippen LogP contribution in [0.2, 0.25) is 10.2 Å². The number of halogens is 2. The van der Waals surface area contributed by atoms with Crippen LogP contribution in [0.25, 0.3) is 5.69 Å². The zero-order valence-electron chi connectivity index (χ0n) is 16.3. The predicted molar refractivity (Wildman–Crippen MR) is 116 cm³/mol. The van der Waals surface area contributed by atoms with E-state index in [4.69, 9.17) is 28.2 Å². The van der Waals surface area contributed by atoms with Gasteiger partial charge in [-0.15, -0.1) is 10.2 Å². The van der Waals surface area contributed by atoms with Gasteiger partial charge in [0.15, 0.2) is 12.0 Å². The van der Waals surface area contributed by atoms with E-state index in [0.717, 1.165) is 19.3 Å². The molecule has 9 heteroatoms. The summed E-state index contributed by atoms with van der Waals surface area (Å²) < 4.78 is 1.77. The molecular formula is C21H20Cl2N6O. The Morgan fingerprint density at radius 3 is 2.80 bits per heavy atom. The first kappa shape index (κ1) is 20.5. The maximum absolute atomic E-state index is 12.6. The van der Waals surface area contributed by atoms with Crippen molar-refractivity contribution in [2.45, 2.75) is 38.8 Å². The summed E-state index contributed by atoms with van der Waals surface area (Å²) in [7, 11) is 0. The number of rotatable bonds is 6. The van der Waals surface area contributed by atoms with Crippen LogP contribution in [0, 0.1) is 0 Å². The highest BCUT2D eigenvalue weighted by atomic mass is 35.5. The second kappa shape index (κ2) is 8.93. The van der Waals surface area contributed by atoms with Gasteiger partial charge in [-0.2, -0.15) is 0 Å². The van der Waals surface area contributed by atoms with Gasteiger partial charge in [-0.3, -0.25) is 9.36 Å². The van der Waals surface area contributed by atoms with Crippen LogP contribution in [0.1, 0.15) is 55.9 Å². The van der Waals surface area contributed by atoms with Gasteiger partial charge < -0.3 is 5.32 Å². The molecular weight excluding hydrogens is 423 g/mol. The Bertz CT molecular complexity index is 1110. The molecule has 0 radical (unpaired) electrons. The molecule has 1 amide bonds. The van der Waals surface area contributed by atoms with Gasteiger partial charge in [-0.25, -0.2) is 9.98 Å². The maximum atomic E-state index is 12.6. The van der Waals surface area contributed by atoms with Crippen molar-refractivity contribution in [3.8, 4) is 5.69 Å². The number of hydrogen-bond acceptors (Lipinski definition) is 5. The molecule has 1 N–H and O–H groups in total. The average molecular weight is 443 g/mol. The van der Waals surface area contributed by atoms with Gasteiger partial charge in [0.05, 0.1) is 16.4 Å². The number of aromatic nitrogens is 4. The van der Waals surface area contributed by atoms with Crippen LogP contribution in [0.4, 0.5) is 0 Å². The summed E-state index contributed by atoms with van der Waals surface area (Å²) in [5, 5.41) is 12.1. The van der Waals surface area contributed by atoms with Crippen molar-refractivity contribution < 1.29 is 4.79 Å². The molecule has 0 spiro atoms. The molecule has 3 aromatic rings. The SMILES string of the molecule is CCCCCC(=O)NC1N=C(c2ccccc2Cl)c2nc(Cl)ccc2-n2cnnc21. The average Bonchev–Trinajstić information content (AvgIpc) is 3.17. The van der Waals surface area contributed by atoms with Crippen LogP contribution in [0.5, 0.6) is 0 Å². The van der Waals surface area contributed by atoms with Gasteiger partial charge in [0.2, 0.25) is 5.91 Å². The minimum Gasteiger partial charge on any atom is -0.328 e. The van der Waals surface area contributed by atoms with Gasteiger partial charge >= 0.3 is 0 Å². The zero-order valence-corrected chi connectivity index (χ0v) is 17.9. The zero-order chi connectivity index (χ0) is 21.1. The molecule has 2 aromatic heterocycles. The number of benzene rings is 1. The highest BCUT2D eigenvalue weighted by Crippen LogP contribution is 2.30. The van der Waals surface area contributed by atoms with Crippen LogP contribution in [-0.4, -0.2) is 31.4 Å². The van der Waals surface area contributed by atoms with Crippen molar-refractivity contribution in [2.75, 3.05) is 0 Å². The van der Waals surface area contributed by atoms with E-state index in [1.807, 2.05) is 24.3 Å². The summed E-state index contributed by atoms with van der Waals surface area (Å²) in [6.07, 6.45) is 4.12. The molecule has 1 unspecified atom stereocenters. The quantitative estimate of drug-likeness (QED) is 0.449. The Morgan fingerprint density at radius 2 is 2.00 bits per heavy atom. The standard InChI is InChI=1S/C21H20Cl2N6O/c1-2-3-4-9-17(30)26-20-21-28-24-12-29(21)15-10-11-16(23)25-19(15)18(27-20)13-7-5-6-8-14(13)22/h5-8,10-12,20H,2-4,9H2,1H3,(H,26,30). The van der Waals surface area contributed by atoms with Crippen molar-refractivity contribution in [3.63, 3.8) is 0 Å². The van der Waals surface area contributed by atoms with E-state index in [0.29, 0.717) is 45.1 Å². The molecule has 0 fully saturated rings. The molecule has 0 bridgehead atoms. The van der Waals surface area contributed by atoms with Crippen LogP contribution in [-0.2, 0) is 4.79 Å². The van der Waals surface area contributed by atoms with E-state index in [2.05, 4.69) is 27.4 Å². The Balaban J connectivity index is 1.83. The summed E-state index contributed by atoms with van der Waals surface area (Å²) >= 11 is 12.7. The Labute approximate surface area is 184 Å². The van der Waals surface area contributed by atoms with Gasteiger partial charge in [-0.05, 0) is 24.6 Å². The van der Waals surface area contributed by atoms with E-state index in [-0.39, 0.29) is 5.91 Å². The van der Waals surface area contributed by atoms with Gasteiger partial charge in [0, 0.05) is 12.0 Å². The fraction of sp³-hybridized carbons (Fsp3) is 0.286. The first-order valence-electron chi connectivity index (χ1n) is 9.77. The number of fused-ring (bicyclic) bond motifs is 3. The van der Waals surface area contributed by atoms with Crippen LogP contribution in [0.3, 0.4) is 0 Å². The molecule has 4 rings (SSSR count). The third kappa shape index (κ3) is 4.08. The van der Waals surface area contributed by atoms with Crippen molar-refractivity contribution in [3.05, 3.63) is 70.0 Å². The molecule has 1 aliphatic heterocycles. The first-order chi connectivity index (χ1) is 14.6. The summed E-state index contributed by atoms with van der Waals surface area (Å²) in [5.41, 5.74) is 2.47. The van der Waals surface area contributed by atoms with Crippen LogP contribution >= 0.6 is 23.2 Å². The number of carbonyl (C=O) groups is 1. The van der Waals surface area contributed by atoms with Crippen molar-refractivity contribution >= 4 is 34.8 Å². The smallest absolute Gasteiger partial charge is 0.221 e. The second-order valence-electron chi connectivity index (χ2n) is 6.95. The number of amides is 1. The minimum absolute atomic E-state index is 0.0952. The summed E-state index contributed by atoms with van der Waals surface area (Å²) in [6, 6.07) is 10.9. The summed E-state index contributed by atoms with van der Waals surface area (Å²) in [4.78, 5) is 21.9. The molecule has 30 heavy (non-hydrogen) atoms. The number of hydrogen-bond donors (Lipinski definition) is 1. The van der Waals surface area contributed by atoms with E-state index < -0.39 is 6.17 Å². The molecule has 0 saturated carbocycles. The normalized spacial score (nSPS) is 15.0. The van der Waals surface area contributed by atoms with E-state index in [9.17, 15) is 4.79 Å². The number of nitrogens with one attached hydrogen (secondary N) is 1. The molecule has 1 aliphatic rings. The lowest BCUT2D eigenvalue weighted by atomic mass is 10.1. The van der Waals surface area contributed by atoms with E-state index in [1.165, 1.54) is 0 Å². The number of unbranched alkanes of at least 4 members (excludes halogenated alkanes) is 2. The lowest BCUT2D eigenvalue weighted by Crippen LogP contribution is -2.29. The lowest BCUT2D eigenvalue weighted by molar-refractivity contribution is -0.122. The minimum atomic E-state index is -0.735. The molecule has 0 aliphatic carbocycles. The number of carbonyl (C=O) groups excluding carboxylic acids is 1. The molecule has 0 saturated heterocycles. The summed E-state index contributed by atoms with van der Waals surface area (Å²) in [5.74, 6) is 0.397. The Morgan fingerprint density at radius 1 is 1.17 bits per heavy atom. The van der Waals surface area contributed by atoms with Gasteiger partial charge in [0.1, 0.15) is 17.2 Å². The first-order valence-corrected chi connectivity index (χ1v) is 10.5. The fourth-order valence-electron chi connectivity index (χ4n) is 3.37. The molecule has 3 heterocycles. The topological polar surface area (TPSA) is 85.1 Å². The van der Waals surface area contributed by atoms with Crippen LogP contribution < -0.4 is 5.32 Å².